The number of aromatic nitrogens is 5. The molecule has 0 radical (unpaired) electrons. The second kappa shape index (κ2) is 10.9. The maximum absolute atomic E-state index is 13.3. The lowest BCUT2D eigenvalue weighted by Gasteiger charge is -2.11. The Hall–Kier alpha value is -4.56. The summed E-state index contributed by atoms with van der Waals surface area (Å²) in [4.78, 5) is 18.5. The number of thiazole rings is 1. The van der Waals surface area contributed by atoms with Crippen LogP contribution in [0.25, 0.3) is 39.4 Å². The highest BCUT2D eigenvalue weighted by Crippen LogP contribution is 2.29. The number of rotatable bonds is 8. The highest BCUT2D eigenvalue weighted by molar-refractivity contribution is 7.15. The van der Waals surface area contributed by atoms with Crippen LogP contribution in [0.4, 0.5) is 0 Å². The number of benzene rings is 3. The minimum absolute atomic E-state index is 0.196. The lowest BCUT2D eigenvalue weighted by atomic mass is 10.0. The van der Waals surface area contributed by atoms with E-state index in [2.05, 4.69) is 30.0 Å². The van der Waals surface area contributed by atoms with E-state index in [1.807, 2.05) is 96.7 Å². The molecule has 0 aliphatic carbocycles. The molecule has 0 amide bonds. The molecule has 0 saturated carbocycles. The highest BCUT2D eigenvalue weighted by atomic mass is 32.1. The van der Waals surface area contributed by atoms with E-state index in [9.17, 15) is 4.79 Å². The molecule has 0 spiro atoms. The summed E-state index contributed by atoms with van der Waals surface area (Å²) < 4.78 is 9.81. The Morgan fingerprint density at radius 2 is 1.70 bits per heavy atom. The van der Waals surface area contributed by atoms with Crippen molar-refractivity contribution in [3.8, 4) is 34.1 Å². The summed E-state index contributed by atoms with van der Waals surface area (Å²) >= 11 is 1.32. The van der Waals surface area contributed by atoms with Gasteiger partial charge in [-0.2, -0.15) is 14.6 Å². The maximum atomic E-state index is 13.3. The van der Waals surface area contributed by atoms with E-state index in [4.69, 9.17) is 9.84 Å². The molecule has 0 N–H and O–H groups in total. The van der Waals surface area contributed by atoms with Crippen molar-refractivity contribution >= 4 is 22.4 Å². The zero-order valence-corrected chi connectivity index (χ0v) is 23.4. The van der Waals surface area contributed by atoms with Gasteiger partial charge in [0, 0.05) is 22.9 Å². The molecule has 3 aromatic carbocycles. The van der Waals surface area contributed by atoms with Gasteiger partial charge in [-0.1, -0.05) is 73.7 Å². The zero-order valence-electron chi connectivity index (χ0n) is 22.6. The molecule has 0 aliphatic heterocycles. The Bertz CT molecular complexity index is 1890. The summed E-state index contributed by atoms with van der Waals surface area (Å²) in [6.45, 7) is 7.12. The van der Waals surface area contributed by atoms with Crippen LogP contribution in [0.15, 0.2) is 89.9 Å². The fraction of sp³-hybridized carbons (Fsp3) is 0.188. The van der Waals surface area contributed by atoms with Crippen LogP contribution >= 0.6 is 11.3 Å². The number of nitrogens with zero attached hydrogens (tertiary/aromatic N) is 5. The smallest absolute Gasteiger partial charge is 0.291 e. The van der Waals surface area contributed by atoms with E-state index in [-0.39, 0.29) is 5.56 Å². The van der Waals surface area contributed by atoms with E-state index in [1.54, 1.807) is 0 Å². The van der Waals surface area contributed by atoms with Crippen molar-refractivity contribution < 1.29 is 4.74 Å². The van der Waals surface area contributed by atoms with Crippen LogP contribution in [0, 0.1) is 12.8 Å². The minimum atomic E-state index is -0.196. The van der Waals surface area contributed by atoms with Gasteiger partial charge in [0.05, 0.1) is 16.8 Å². The molecule has 0 fully saturated rings. The molecule has 0 unspecified atom stereocenters. The standard InChI is InChI=1S/C32H29N5O2S/c1-21(2)16-17-39-27-15-14-24(18-22(27)3)29-25(20-36(34-29)26-12-8-5-9-13-26)19-28-31(38)37-32(40-28)33-30(35-37)23-10-6-4-7-11-23/h4-15,18-21H,16-17H2,1-3H3. The van der Waals surface area contributed by atoms with E-state index in [0.29, 0.717) is 27.8 Å². The van der Waals surface area contributed by atoms with E-state index in [1.165, 1.54) is 15.9 Å². The Labute approximate surface area is 236 Å². The van der Waals surface area contributed by atoms with Gasteiger partial charge in [0.1, 0.15) is 11.4 Å². The normalized spacial score (nSPS) is 12.1. The van der Waals surface area contributed by atoms with Crippen molar-refractivity contribution in [3.05, 3.63) is 111 Å². The van der Waals surface area contributed by atoms with Gasteiger partial charge in [0.15, 0.2) is 5.82 Å². The summed E-state index contributed by atoms with van der Waals surface area (Å²) in [5.41, 5.74) is 5.22. The molecule has 0 atom stereocenters. The van der Waals surface area contributed by atoms with Crippen LogP contribution in [-0.2, 0) is 0 Å². The van der Waals surface area contributed by atoms with E-state index < -0.39 is 0 Å². The number of fused-ring (bicyclic) bond motifs is 1. The molecule has 3 heterocycles. The quantitative estimate of drug-likeness (QED) is 0.235. The molecule has 6 aromatic rings. The first-order valence-electron chi connectivity index (χ1n) is 13.3. The molecule has 8 heteroatoms. The summed E-state index contributed by atoms with van der Waals surface area (Å²) in [6.07, 6.45) is 4.85. The van der Waals surface area contributed by atoms with E-state index in [0.717, 1.165) is 45.8 Å². The summed E-state index contributed by atoms with van der Waals surface area (Å²) in [5, 5.41) is 9.42. The largest absolute Gasteiger partial charge is 0.493 e. The second-order valence-corrected chi connectivity index (χ2v) is 11.1. The first-order chi connectivity index (χ1) is 19.5. The van der Waals surface area contributed by atoms with Crippen LogP contribution in [0.5, 0.6) is 5.75 Å². The van der Waals surface area contributed by atoms with E-state index >= 15 is 0 Å². The van der Waals surface area contributed by atoms with Gasteiger partial charge in [0.2, 0.25) is 4.96 Å². The van der Waals surface area contributed by atoms with Gasteiger partial charge in [-0.3, -0.25) is 4.79 Å². The number of para-hydroxylation sites is 1. The molecule has 0 bridgehead atoms. The Morgan fingerprint density at radius 3 is 2.40 bits per heavy atom. The molecule has 3 aromatic heterocycles. The zero-order chi connectivity index (χ0) is 27.6. The van der Waals surface area contributed by atoms with Gasteiger partial charge in [-0.05, 0) is 61.2 Å². The molecule has 0 aliphatic rings. The molecule has 0 saturated heterocycles. The van der Waals surface area contributed by atoms with Crippen LogP contribution in [-0.4, -0.2) is 31.0 Å². The SMILES string of the molecule is Cc1cc(-c2nn(-c3ccccc3)cc2C=c2sc3nc(-c4ccccc4)nn3c2=O)ccc1OCCC(C)C. The fourth-order valence-electron chi connectivity index (χ4n) is 4.48. The van der Waals surface area contributed by atoms with Crippen LogP contribution in [0.3, 0.4) is 0 Å². The third kappa shape index (κ3) is 5.18. The Morgan fingerprint density at radius 1 is 0.950 bits per heavy atom. The van der Waals surface area contributed by atoms with Gasteiger partial charge < -0.3 is 4.74 Å². The monoisotopic (exact) mass is 547 g/mol. The summed E-state index contributed by atoms with van der Waals surface area (Å²) in [5.74, 6) is 2.00. The third-order valence-electron chi connectivity index (χ3n) is 6.66. The molecule has 200 valence electrons. The number of aryl methyl sites for hydroxylation is 1. The Balaban J connectivity index is 1.41. The first kappa shape index (κ1) is 25.7. The molecule has 7 nitrogen and oxygen atoms in total. The third-order valence-corrected chi connectivity index (χ3v) is 7.62. The van der Waals surface area contributed by atoms with Crippen molar-refractivity contribution in [2.75, 3.05) is 6.61 Å². The van der Waals surface area contributed by atoms with Gasteiger partial charge in [0.25, 0.3) is 5.56 Å². The minimum Gasteiger partial charge on any atom is -0.493 e. The predicted octanol–water partition coefficient (Wildman–Crippen LogP) is 5.95. The van der Waals surface area contributed by atoms with Crippen LogP contribution in [0.1, 0.15) is 31.4 Å². The maximum Gasteiger partial charge on any atom is 0.291 e. The van der Waals surface area contributed by atoms with Crippen LogP contribution in [0.2, 0.25) is 0 Å². The first-order valence-corrected chi connectivity index (χ1v) is 14.1. The average Bonchev–Trinajstić information content (AvgIpc) is 3.65. The molecule has 40 heavy (non-hydrogen) atoms. The predicted molar refractivity (Wildman–Crippen MR) is 160 cm³/mol. The molecular formula is C32H29N5O2S. The second-order valence-electron chi connectivity index (χ2n) is 10.1. The Kier molecular flexibility index (Phi) is 7.00. The summed E-state index contributed by atoms with van der Waals surface area (Å²) in [7, 11) is 0. The highest BCUT2D eigenvalue weighted by Gasteiger charge is 2.16. The number of hydrogen-bond donors (Lipinski definition) is 0. The number of ether oxygens (including phenoxy) is 1. The van der Waals surface area contributed by atoms with Crippen molar-refractivity contribution in [2.45, 2.75) is 27.2 Å². The van der Waals surface area contributed by atoms with Crippen LogP contribution < -0.4 is 14.8 Å². The summed E-state index contributed by atoms with van der Waals surface area (Å²) in [6, 6.07) is 25.7. The molecular weight excluding hydrogens is 518 g/mol. The molecule has 6 rings (SSSR count). The van der Waals surface area contributed by atoms with Crippen molar-refractivity contribution in [1.82, 2.24) is 24.4 Å². The lowest BCUT2D eigenvalue weighted by molar-refractivity contribution is 0.288. The van der Waals surface area contributed by atoms with Gasteiger partial charge in [-0.25, -0.2) is 4.68 Å². The number of hydrogen-bond acceptors (Lipinski definition) is 6. The van der Waals surface area contributed by atoms with Crippen molar-refractivity contribution in [2.24, 2.45) is 5.92 Å². The lowest BCUT2D eigenvalue weighted by Crippen LogP contribution is -2.23. The topological polar surface area (TPSA) is 74.3 Å². The fourth-order valence-corrected chi connectivity index (χ4v) is 5.38. The van der Waals surface area contributed by atoms with Gasteiger partial charge >= 0.3 is 0 Å². The van der Waals surface area contributed by atoms with Gasteiger partial charge in [-0.15, -0.1) is 5.10 Å². The van der Waals surface area contributed by atoms with Crippen molar-refractivity contribution in [1.29, 1.82) is 0 Å². The average molecular weight is 548 g/mol. The van der Waals surface area contributed by atoms with Crippen molar-refractivity contribution in [3.63, 3.8) is 0 Å².